The zero-order valence-corrected chi connectivity index (χ0v) is 15.3. The van der Waals surface area contributed by atoms with Crippen molar-refractivity contribution in [3.8, 4) is 17.2 Å². The molecule has 4 rings (SSSR count). The van der Waals surface area contributed by atoms with Crippen LogP contribution < -0.4 is 4.74 Å². The summed E-state index contributed by atoms with van der Waals surface area (Å²) in [6.07, 6.45) is 2.34. The summed E-state index contributed by atoms with van der Waals surface area (Å²) in [7, 11) is 3.29. The number of hydrogen-bond acceptors (Lipinski definition) is 5. The van der Waals surface area contributed by atoms with E-state index in [0.717, 1.165) is 23.3 Å². The van der Waals surface area contributed by atoms with Crippen LogP contribution in [0.5, 0.6) is 5.75 Å². The van der Waals surface area contributed by atoms with E-state index in [4.69, 9.17) is 13.9 Å². The molecule has 3 aromatic rings. The van der Waals surface area contributed by atoms with Gasteiger partial charge in [0.1, 0.15) is 11.4 Å². The summed E-state index contributed by atoms with van der Waals surface area (Å²) in [6, 6.07) is 11.1. The molecule has 0 radical (unpaired) electrons. The van der Waals surface area contributed by atoms with Crippen molar-refractivity contribution in [2.45, 2.75) is 12.5 Å². The van der Waals surface area contributed by atoms with Crippen LogP contribution >= 0.6 is 0 Å². The molecule has 1 aliphatic heterocycles. The maximum atomic E-state index is 13.1. The first kappa shape index (κ1) is 17.4. The molecule has 1 atom stereocenters. The second-order valence-corrected chi connectivity index (χ2v) is 6.33. The second kappa shape index (κ2) is 7.28. The van der Waals surface area contributed by atoms with Crippen LogP contribution in [-0.2, 0) is 4.74 Å². The number of rotatable bonds is 7. The molecule has 0 bridgehead atoms. The molecule has 27 heavy (non-hydrogen) atoms. The third-order valence-corrected chi connectivity index (χ3v) is 4.80. The molecule has 3 heterocycles. The van der Waals surface area contributed by atoms with Crippen molar-refractivity contribution in [1.29, 1.82) is 0 Å². The minimum atomic E-state index is -0.306. The lowest BCUT2D eigenvalue weighted by atomic mass is 9.97. The number of nitrogens with zero attached hydrogens (tertiary/aromatic N) is 2. The molecule has 1 aromatic carbocycles. The van der Waals surface area contributed by atoms with Gasteiger partial charge in [-0.1, -0.05) is 18.2 Å². The number of para-hydroxylation sites is 1. The highest BCUT2D eigenvalue weighted by molar-refractivity contribution is 6.00. The van der Waals surface area contributed by atoms with E-state index in [1.165, 1.54) is 0 Å². The van der Waals surface area contributed by atoms with Gasteiger partial charge in [0.2, 0.25) is 0 Å². The van der Waals surface area contributed by atoms with Crippen LogP contribution in [0.15, 0.2) is 47.1 Å². The lowest BCUT2D eigenvalue weighted by Gasteiger charge is -2.27. The summed E-state index contributed by atoms with van der Waals surface area (Å²) in [5, 5.41) is 7.27. The van der Waals surface area contributed by atoms with Gasteiger partial charge in [0.25, 0.3) is 5.91 Å². The Balaban J connectivity index is 1.84. The molecular formula is C20H21N3O4. The number of amides is 1. The molecule has 2 aromatic heterocycles. The number of hydrogen-bond donors (Lipinski definition) is 1. The average molecular weight is 367 g/mol. The minimum absolute atomic E-state index is 0.105. The Morgan fingerprint density at radius 1 is 1.22 bits per heavy atom. The highest BCUT2D eigenvalue weighted by Gasteiger charge is 2.43. The molecule has 1 amide bonds. The maximum Gasteiger partial charge on any atom is 0.275 e. The number of benzene rings is 1. The maximum absolute atomic E-state index is 13.1. The van der Waals surface area contributed by atoms with E-state index in [1.807, 2.05) is 41.3 Å². The van der Waals surface area contributed by atoms with Gasteiger partial charge in [0, 0.05) is 31.4 Å². The van der Waals surface area contributed by atoms with E-state index in [1.54, 1.807) is 20.5 Å². The molecule has 7 nitrogen and oxygen atoms in total. The monoisotopic (exact) mass is 367 g/mol. The first-order valence-corrected chi connectivity index (χ1v) is 8.81. The molecular weight excluding hydrogens is 346 g/mol. The number of ether oxygens (including phenoxy) is 2. The van der Waals surface area contributed by atoms with E-state index >= 15 is 0 Å². The van der Waals surface area contributed by atoms with Crippen molar-refractivity contribution in [3.05, 3.63) is 59.5 Å². The SMILES string of the molecule is COCCCN1C(=O)c2n[nH]c(-c3ccco3)c2C1c1ccccc1OC. The van der Waals surface area contributed by atoms with Gasteiger partial charge in [-0.15, -0.1) is 0 Å². The van der Waals surface area contributed by atoms with Crippen molar-refractivity contribution < 1.29 is 18.7 Å². The molecule has 0 aliphatic carbocycles. The normalized spacial score (nSPS) is 16.0. The van der Waals surface area contributed by atoms with E-state index < -0.39 is 0 Å². The zero-order chi connectivity index (χ0) is 18.8. The summed E-state index contributed by atoms with van der Waals surface area (Å²) >= 11 is 0. The van der Waals surface area contributed by atoms with Gasteiger partial charge in [-0.2, -0.15) is 5.10 Å². The van der Waals surface area contributed by atoms with E-state index in [0.29, 0.717) is 30.3 Å². The van der Waals surface area contributed by atoms with Crippen LogP contribution in [0.25, 0.3) is 11.5 Å². The number of methoxy groups -OCH3 is 2. The number of fused-ring (bicyclic) bond motifs is 1. The summed E-state index contributed by atoms with van der Waals surface area (Å²) in [6.45, 7) is 1.14. The zero-order valence-electron chi connectivity index (χ0n) is 15.3. The first-order valence-electron chi connectivity index (χ1n) is 8.81. The molecule has 0 saturated carbocycles. The molecule has 1 aliphatic rings. The van der Waals surface area contributed by atoms with Gasteiger partial charge in [-0.05, 0) is 24.6 Å². The molecule has 0 fully saturated rings. The second-order valence-electron chi connectivity index (χ2n) is 6.33. The molecule has 0 spiro atoms. The van der Waals surface area contributed by atoms with Crippen LogP contribution in [0.3, 0.4) is 0 Å². The fraction of sp³-hybridized carbons (Fsp3) is 0.300. The Bertz CT molecular complexity index is 933. The number of carbonyl (C=O) groups excluding carboxylic acids is 1. The Kier molecular flexibility index (Phi) is 4.68. The van der Waals surface area contributed by atoms with Crippen molar-refractivity contribution >= 4 is 5.91 Å². The van der Waals surface area contributed by atoms with E-state index in [9.17, 15) is 4.79 Å². The quantitative estimate of drug-likeness (QED) is 0.648. The smallest absolute Gasteiger partial charge is 0.275 e. The Labute approximate surface area is 156 Å². The summed E-state index contributed by atoms with van der Waals surface area (Å²) in [4.78, 5) is 14.9. The molecule has 140 valence electrons. The summed E-state index contributed by atoms with van der Waals surface area (Å²) in [5.74, 6) is 1.27. The third-order valence-electron chi connectivity index (χ3n) is 4.80. The number of carbonyl (C=O) groups is 1. The number of nitrogens with one attached hydrogen (secondary N) is 1. The van der Waals surface area contributed by atoms with Crippen molar-refractivity contribution in [1.82, 2.24) is 15.1 Å². The van der Waals surface area contributed by atoms with E-state index in [-0.39, 0.29) is 11.9 Å². The Morgan fingerprint density at radius 3 is 2.81 bits per heavy atom. The lowest BCUT2D eigenvalue weighted by Crippen LogP contribution is -2.31. The van der Waals surface area contributed by atoms with Gasteiger partial charge in [-0.25, -0.2) is 0 Å². The van der Waals surface area contributed by atoms with Crippen LogP contribution in [0, 0.1) is 0 Å². The molecule has 1 N–H and O–H groups in total. The van der Waals surface area contributed by atoms with Gasteiger partial charge in [0.05, 0.1) is 19.4 Å². The van der Waals surface area contributed by atoms with Gasteiger partial charge in [-0.3, -0.25) is 9.89 Å². The molecule has 1 unspecified atom stereocenters. The minimum Gasteiger partial charge on any atom is -0.496 e. The third kappa shape index (κ3) is 2.90. The fourth-order valence-corrected chi connectivity index (χ4v) is 3.62. The van der Waals surface area contributed by atoms with Crippen LogP contribution in [0.2, 0.25) is 0 Å². The molecule has 7 heteroatoms. The number of aromatic nitrogens is 2. The number of H-pyrrole nitrogens is 1. The lowest BCUT2D eigenvalue weighted by molar-refractivity contribution is 0.0722. The van der Waals surface area contributed by atoms with Gasteiger partial charge < -0.3 is 18.8 Å². The number of furan rings is 1. The van der Waals surface area contributed by atoms with Crippen LogP contribution in [-0.4, -0.2) is 48.4 Å². The number of aromatic amines is 1. The highest BCUT2D eigenvalue weighted by Crippen LogP contribution is 2.45. The summed E-state index contributed by atoms with van der Waals surface area (Å²) < 4.78 is 16.3. The van der Waals surface area contributed by atoms with Crippen LogP contribution in [0.4, 0.5) is 0 Å². The predicted molar refractivity (Wildman–Crippen MR) is 98.7 cm³/mol. The molecule has 0 saturated heterocycles. The topological polar surface area (TPSA) is 80.6 Å². The average Bonchev–Trinajstić information content (AvgIpc) is 3.41. The highest BCUT2D eigenvalue weighted by atomic mass is 16.5. The van der Waals surface area contributed by atoms with Gasteiger partial charge in [0.15, 0.2) is 11.5 Å². The van der Waals surface area contributed by atoms with Crippen LogP contribution in [0.1, 0.15) is 34.1 Å². The largest absolute Gasteiger partial charge is 0.496 e. The first-order chi connectivity index (χ1) is 13.3. The predicted octanol–water partition coefficient (Wildman–Crippen LogP) is 3.26. The fourth-order valence-electron chi connectivity index (χ4n) is 3.62. The Hall–Kier alpha value is -3.06. The van der Waals surface area contributed by atoms with Crippen molar-refractivity contribution in [2.75, 3.05) is 27.4 Å². The summed E-state index contributed by atoms with van der Waals surface area (Å²) in [5.41, 5.74) is 2.87. The Morgan fingerprint density at radius 2 is 2.07 bits per heavy atom. The van der Waals surface area contributed by atoms with Crippen molar-refractivity contribution in [2.24, 2.45) is 0 Å². The van der Waals surface area contributed by atoms with Crippen molar-refractivity contribution in [3.63, 3.8) is 0 Å². The van der Waals surface area contributed by atoms with E-state index in [2.05, 4.69) is 10.2 Å². The van der Waals surface area contributed by atoms with Gasteiger partial charge >= 0.3 is 0 Å². The standard InChI is InChI=1S/C20H21N3O4/c1-25-11-6-10-23-19(13-7-3-4-8-14(13)26-2)16-17(15-9-5-12-27-15)21-22-18(16)20(23)24/h3-5,7-9,12,19H,6,10-11H2,1-2H3,(H,21,22).